The first-order chi connectivity index (χ1) is 16.7. The molecule has 0 saturated heterocycles. The summed E-state index contributed by atoms with van der Waals surface area (Å²) in [5.41, 5.74) is 15.4. The molecule has 0 spiro atoms. The number of nitrogens with zero attached hydrogens (tertiary/aromatic N) is 5. The predicted molar refractivity (Wildman–Crippen MR) is 135 cm³/mol. The molecule has 174 valence electrons. The fourth-order valence-corrected chi connectivity index (χ4v) is 3.70. The first-order valence-corrected chi connectivity index (χ1v) is 11.1. The average Bonchev–Trinajstić information content (AvgIpc) is 2.87. The van der Waals surface area contributed by atoms with Crippen LogP contribution in [-0.4, -0.2) is 52.5 Å². The van der Waals surface area contributed by atoms with Gasteiger partial charge in [0.25, 0.3) is 0 Å². The second kappa shape index (κ2) is 11.3. The summed E-state index contributed by atoms with van der Waals surface area (Å²) in [5.74, 6) is 0.938. The molecule has 0 bridgehead atoms. The molecule has 2 aromatic heterocycles. The maximum atomic E-state index is 7.67. The maximum absolute atomic E-state index is 7.67. The number of fused-ring (bicyclic) bond motifs is 1. The zero-order chi connectivity index (χ0) is 23.8. The van der Waals surface area contributed by atoms with E-state index in [2.05, 4.69) is 32.0 Å². The van der Waals surface area contributed by atoms with E-state index in [4.69, 9.17) is 26.6 Å². The number of ether oxygens (including phenoxy) is 1. The molecule has 9 nitrogen and oxygen atoms in total. The first kappa shape index (κ1) is 23.2. The predicted octanol–water partition coefficient (Wildman–Crippen LogP) is 3.04. The Hall–Kier alpha value is -3.95. The van der Waals surface area contributed by atoms with Gasteiger partial charge in [0.2, 0.25) is 5.95 Å². The number of hydrogen-bond acceptors (Lipinski definition) is 9. The highest BCUT2D eigenvalue weighted by molar-refractivity contribution is 5.94. The molecule has 0 radical (unpaired) electrons. The Kier molecular flexibility index (Phi) is 7.69. The van der Waals surface area contributed by atoms with E-state index in [1.165, 1.54) is 18.1 Å². The Morgan fingerprint density at radius 1 is 1.03 bits per heavy atom. The Morgan fingerprint density at radius 3 is 2.68 bits per heavy atom. The fourth-order valence-electron chi connectivity index (χ4n) is 3.70. The number of rotatable bonds is 11. The molecule has 4 aromatic rings. The summed E-state index contributed by atoms with van der Waals surface area (Å²) < 4.78 is 5.54. The molecular weight excluding hydrogens is 428 g/mol. The van der Waals surface area contributed by atoms with Gasteiger partial charge < -0.3 is 26.5 Å². The Bertz CT molecular complexity index is 1250. The number of nitrogens with one attached hydrogen (secondary N) is 1. The monoisotopic (exact) mass is 456 g/mol. The summed E-state index contributed by atoms with van der Waals surface area (Å²) in [5, 5.41) is 8.54. The van der Waals surface area contributed by atoms with Crippen LogP contribution in [0, 0.1) is 5.41 Å². The van der Waals surface area contributed by atoms with E-state index in [1.54, 1.807) is 0 Å². The smallest absolute Gasteiger partial charge is 0.226 e. The highest BCUT2D eigenvalue weighted by Gasteiger charge is 2.14. The van der Waals surface area contributed by atoms with Gasteiger partial charge in [-0.15, -0.1) is 0 Å². The van der Waals surface area contributed by atoms with Gasteiger partial charge in [0, 0.05) is 49.6 Å². The lowest BCUT2D eigenvalue weighted by Gasteiger charge is -2.23. The summed E-state index contributed by atoms with van der Waals surface area (Å²) in [6.07, 6.45) is 5.24. The SMILES string of the molecule is N=Cc1c(N)ncnc1-c1ccc2nc(N(CCCOCCN)Cc3ccccc3)ncc2c1. The number of nitrogens with two attached hydrogens (primary N) is 2. The maximum Gasteiger partial charge on any atom is 0.226 e. The van der Waals surface area contributed by atoms with Crippen LogP contribution in [0.25, 0.3) is 22.2 Å². The van der Waals surface area contributed by atoms with E-state index >= 15 is 0 Å². The molecule has 0 fully saturated rings. The van der Waals surface area contributed by atoms with Crippen molar-refractivity contribution >= 4 is 28.9 Å². The molecule has 0 atom stereocenters. The summed E-state index contributed by atoms with van der Waals surface area (Å²) in [7, 11) is 0. The second-order valence-corrected chi connectivity index (χ2v) is 7.77. The number of aromatic nitrogens is 4. The molecular formula is C25H28N8O. The van der Waals surface area contributed by atoms with Gasteiger partial charge in [-0.3, -0.25) is 0 Å². The molecule has 0 amide bonds. The molecule has 0 aliphatic heterocycles. The van der Waals surface area contributed by atoms with Crippen LogP contribution in [0.3, 0.4) is 0 Å². The summed E-state index contributed by atoms with van der Waals surface area (Å²) in [6.45, 7) is 3.17. The Labute approximate surface area is 198 Å². The third-order valence-corrected chi connectivity index (χ3v) is 5.38. The van der Waals surface area contributed by atoms with Gasteiger partial charge in [-0.25, -0.2) is 19.9 Å². The number of anilines is 2. The summed E-state index contributed by atoms with van der Waals surface area (Å²) >= 11 is 0. The number of benzene rings is 2. The van der Waals surface area contributed by atoms with E-state index in [-0.39, 0.29) is 5.82 Å². The number of hydrogen-bond donors (Lipinski definition) is 3. The van der Waals surface area contributed by atoms with Crippen molar-refractivity contribution in [3.63, 3.8) is 0 Å². The van der Waals surface area contributed by atoms with Crippen LogP contribution in [0.2, 0.25) is 0 Å². The molecule has 2 aromatic carbocycles. The fraction of sp³-hybridized carbons (Fsp3) is 0.240. The van der Waals surface area contributed by atoms with E-state index < -0.39 is 0 Å². The van der Waals surface area contributed by atoms with E-state index in [0.29, 0.717) is 43.5 Å². The van der Waals surface area contributed by atoms with Crippen molar-refractivity contribution in [3.8, 4) is 11.3 Å². The minimum atomic E-state index is 0.277. The van der Waals surface area contributed by atoms with Crippen LogP contribution in [0.1, 0.15) is 17.5 Å². The molecule has 0 unspecified atom stereocenters. The van der Waals surface area contributed by atoms with E-state index in [1.807, 2.05) is 42.6 Å². The summed E-state index contributed by atoms with van der Waals surface area (Å²) in [4.78, 5) is 20.0. The molecule has 2 heterocycles. The van der Waals surface area contributed by atoms with Crippen LogP contribution in [-0.2, 0) is 11.3 Å². The van der Waals surface area contributed by atoms with Gasteiger partial charge in [0.05, 0.1) is 23.4 Å². The molecule has 0 aliphatic carbocycles. The molecule has 9 heteroatoms. The van der Waals surface area contributed by atoms with Gasteiger partial charge in [0.15, 0.2) is 0 Å². The van der Waals surface area contributed by atoms with Crippen molar-refractivity contribution in [3.05, 3.63) is 72.2 Å². The molecule has 34 heavy (non-hydrogen) atoms. The van der Waals surface area contributed by atoms with Gasteiger partial charge in [-0.1, -0.05) is 36.4 Å². The van der Waals surface area contributed by atoms with Gasteiger partial charge in [0.1, 0.15) is 12.1 Å². The van der Waals surface area contributed by atoms with Crippen molar-refractivity contribution in [1.29, 1.82) is 5.41 Å². The van der Waals surface area contributed by atoms with Crippen molar-refractivity contribution in [2.24, 2.45) is 5.73 Å². The zero-order valence-corrected chi connectivity index (χ0v) is 18.9. The molecule has 4 rings (SSSR count). The minimum Gasteiger partial charge on any atom is -0.383 e. The highest BCUT2D eigenvalue weighted by Crippen LogP contribution is 2.27. The van der Waals surface area contributed by atoms with Crippen LogP contribution in [0.15, 0.2) is 61.1 Å². The average molecular weight is 457 g/mol. The van der Waals surface area contributed by atoms with Crippen molar-refractivity contribution in [2.45, 2.75) is 13.0 Å². The van der Waals surface area contributed by atoms with Crippen molar-refractivity contribution < 1.29 is 4.74 Å². The Balaban J connectivity index is 1.61. The second-order valence-electron chi connectivity index (χ2n) is 7.77. The standard InChI is InChI=1S/C25H28N8O/c26-9-12-34-11-4-10-33(16-18-5-2-1-3-6-18)25-29-15-20-13-19(7-8-22(20)32-25)23-21(14-27)24(28)31-17-30-23/h1-3,5-8,13-15,17,27H,4,9-12,16,26H2,(H2,28,30,31). The third kappa shape index (κ3) is 5.51. The lowest BCUT2D eigenvalue weighted by molar-refractivity contribution is 0.140. The minimum absolute atomic E-state index is 0.277. The first-order valence-electron chi connectivity index (χ1n) is 11.1. The quantitative estimate of drug-likeness (QED) is 0.231. The number of nitrogen functional groups attached to an aromatic ring is 1. The molecule has 5 N–H and O–H groups in total. The van der Waals surface area contributed by atoms with Crippen LogP contribution >= 0.6 is 0 Å². The van der Waals surface area contributed by atoms with Crippen molar-refractivity contribution in [1.82, 2.24) is 19.9 Å². The largest absolute Gasteiger partial charge is 0.383 e. The molecule has 0 saturated carbocycles. The van der Waals surface area contributed by atoms with E-state index in [9.17, 15) is 0 Å². The normalized spacial score (nSPS) is 11.0. The Morgan fingerprint density at radius 2 is 1.88 bits per heavy atom. The van der Waals surface area contributed by atoms with Gasteiger partial charge >= 0.3 is 0 Å². The summed E-state index contributed by atoms with van der Waals surface area (Å²) in [6, 6.07) is 16.1. The third-order valence-electron chi connectivity index (χ3n) is 5.38. The lowest BCUT2D eigenvalue weighted by atomic mass is 10.0. The highest BCUT2D eigenvalue weighted by atomic mass is 16.5. The molecule has 0 aliphatic rings. The zero-order valence-electron chi connectivity index (χ0n) is 18.9. The lowest BCUT2D eigenvalue weighted by Crippen LogP contribution is -2.27. The van der Waals surface area contributed by atoms with Gasteiger partial charge in [-0.2, -0.15) is 0 Å². The van der Waals surface area contributed by atoms with Crippen molar-refractivity contribution in [2.75, 3.05) is 36.9 Å². The van der Waals surface area contributed by atoms with Crippen LogP contribution in [0.5, 0.6) is 0 Å². The van der Waals surface area contributed by atoms with Gasteiger partial charge in [-0.05, 0) is 24.1 Å². The van der Waals surface area contributed by atoms with Crippen LogP contribution in [0.4, 0.5) is 11.8 Å². The topological polar surface area (TPSA) is 140 Å². The van der Waals surface area contributed by atoms with Crippen LogP contribution < -0.4 is 16.4 Å². The van der Waals surface area contributed by atoms with E-state index in [0.717, 1.165) is 29.4 Å².